The number of rotatable bonds is 4. The second-order valence-corrected chi connectivity index (χ2v) is 11.3. The summed E-state index contributed by atoms with van der Waals surface area (Å²) >= 11 is 0. The Morgan fingerprint density at radius 1 is 1.11 bits per heavy atom. The predicted molar refractivity (Wildman–Crippen MR) is 144 cm³/mol. The Labute approximate surface area is 217 Å². The summed E-state index contributed by atoms with van der Waals surface area (Å²) in [6.07, 6.45) is 8.92. The highest BCUT2D eigenvalue weighted by atomic mass is 16.2. The lowest BCUT2D eigenvalue weighted by Gasteiger charge is -2.41. The molecule has 37 heavy (non-hydrogen) atoms. The van der Waals surface area contributed by atoms with Crippen molar-refractivity contribution in [3.63, 3.8) is 0 Å². The Balaban J connectivity index is 1.21. The van der Waals surface area contributed by atoms with Crippen LogP contribution in [0.25, 0.3) is 11.0 Å². The molecule has 2 aliphatic heterocycles. The minimum Gasteiger partial charge on any atom is -0.348 e. The summed E-state index contributed by atoms with van der Waals surface area (Å²) in [7, 11) is 0. The van der Waals surface area contributed by atoms with Crippen LogP contribution >= 0.6 is 0 Å². The molecule has 1 aliphatic carbocycles. The zero-order valence-corrected chi connectivity index (χ0v) is 21.8. The van der Waals surface area contributed by atoms with Crippen LogP contribution < -0.4 is 10.6 Å². The summed E-state index contributed by atoms with van der Waals surface area (Å²) in [5, 5.41) is 7.35. The summed E-state index contributed by atoms with van der Waals surface area (Å²) in [5.74, 6) is 2.08. The van der Waals surface area contributed by atoms with Gasteiger partial charge in [0, 0.05) is 41.6 Å². The Kier molecular flexibility index (Phi) is 6.13. The molecule has 2 amide bonds. The third-order valence-electron chi connectivity index (χ3n) is 8.74. The zero-order valence-electron chi connectivity index (χ0n) is 21.8. The number of hydrogen-bond donors (Lipinski definition) is 2. The van der Waals surface area contributed by atoms with Crippen LogP contribution in [-0.2, 0) is 16.9 Å². The van der Waals surface area contributed by atoms with E-state index < -0.39 is 5.54 Å². The van der Waals surface area contributed by atoms with Crippen molar-refractivity contribution in [2.24, 2.45) is 11.8 Å². The standard InChI is InChI=1S/C29H36N6O2/c1-19(2)20-10-14-34(15-11-20)26(36)21-6-8-23(9-7-21)32-28-31-17-22-16-24-18-30-27(37)29(12-4-3-5-13-29)35(24)25(22)33-28/h6-9,16-17,19-20H,3-5,10-15,18H2,1-2H3,(H,30,37)(H,31,32,33). The van der Waals surface area contributed by atoms with Crippen LogP contribution in [0.1, 0.15) is 74.8 Å². The SMILES string of the molecule is CC(C)C1CCN(C(=O)c2ccc(Nc3ncc4cc5n(c4n3)C3(CCCCC3)C(=O)NC5)cc2)CC1. The first-order valence-corrected chi connectivity index (χ1v) is 13.8. The lowest BCUT2D eigenvalue weighted by atomic mass is 9.79. The van der Waals surface area contributed by atoms with Crippen molar-refractivity contribution in [3.05, 3.63) is 47.8 Å². The van der Waals surface area contributed by atoms with Gasteiger partial charge in [-0.25, -0.2) is 4.98 Å². The first-order valence-electron chi connectivity index (χ1n) is 13.8. The molecule has 194 valence electrons. The Bertz CT molecular complexity index is 1310. The minimum absolute atomic E-state index is 0.0993. The van der Waals surface area contributed by atoms with Crippen LogP contribution in [-0.4, -0.2) is 44.3 Å². The molecule has 8 nitrogen and oxygen atoms in total. The minimum atomic E-state index is -0.551. The molecule has 2 fully saturated rings. The van der Waals surface area contributed by atoms with E-state index in [0.717, 1.165) is 74.0 Å². The van der Waals surface area contributed by atoms with Gasteiger partial charge in [-0.15, -0.1) is 0 Å². The van der Waals surface area contributed by atoms with E-state index in [0.29, 0.717) is 29.9 Å². The number of amides is 2. The second-order valence-electron chi connectivity index (χ2n) is 11.3. The van der Waals surface area contributed by atoms with Crippen molar-refractivity contribution in [1.82, 2.24) is 24.8 Å². The summed E-state index contributed by atoms with van der Waals surface area (Å²) in [6, 6.07) is 9.66. The smallest absolute Gasteiger partial charge is 0.253 e. The molecule has 0 bridgehead atoms. The van der Waals surface area contributed by atoms with Crippen molar-refractivity contribution in [3.8, 4) is 0 Å². The van der Waals surface area contributed by atoms with E-state index in [1.807, 2.05) is 35.4 Å². The monoisotopic (exact) mass is 500 g/mol. The number of benzene rings is 1. The zero-order chi connectivity index (χ0) is 25.6. The first kappa shape index (κ1) is 23.9. The van der Waals surface area contributed by atoms with E-state index in [9.17, 15) is 9.59 Å². The highest BCUT2D eigenvalue weighted by Gasteiger charge is 2.45. The maximum Gasteiger partial charge on any atom is 0.253 e. The largest absolute Gasteiger partial charge is 0.348 e. The number of carbonyl (C=O) groups excluding carboxylic acids is 2. The van der Waals surface area contributed by atoms with Gasteiger partial charge >= 0.3 is 0 Å². The van der Waals surface area contributed by atoms with Crippen molar-refractivity contribution in [2.45, 2.75) is 70.9 Å². The number of hydrogen-bond acceptors (Lipinski definition) is 5. The molecule has 1 spiro atoms. The van der Waals surface area contributed by atoms with E-state index in [1.165, 1.54) is 6.42 Å². The first-order chi connectivity index (χ1) is 17.9. The lowest BCUT2D eigenvalue weighted by Crippen LogP contribution is -2.54. The number of likely N-dealkylation sites (tertiary alicyclic amines) is 1. The highest BCUT2D eigenvalue weighted by molar-refractivity contribution is 5.94. The van der Waals surface area contributed by atoms with Gasteiger partial charge in [-0.2, -0.15) is 4.98 Å². The number of carbonyl (C=O) groups is 2. The van der Waals surface area contributed by atoms with Crippen LogP contribution in [0.5, 0.6) is 0 Å². The Hall–Kier alpha value is -3.42. The van der Waals surface area contributed by atoms with E-state index in [-0.39, 0.29) is 11.8 Å². The fourth-order valence-corrected chi connectivity index (χ4v) is 6.51. The van der Waals surface area contributed by atoms with Crippen LogP contribution in [0.15, 0.2) is 36.5 Å². The number of nitrogens with zero attached hydrogens (tertiary/aromatic N) is 4. The maximum atomic E-state index is 13.1. The van der Waals surface area contributed by atoms with Gasteiger partial charge in [-0.1, -0.05) is 33.1 Å². The van der Waals surface area contributed by atoms with Crippen molar-refractivity contribution >= 4 is 34.5 Å². The molecule has 0 atom stereocenters. The molecular formula is C29H36N6O2. The average molecular weight is 501 g/mol. The topological polar surface area (TPSA) is 92.2 Å². The van der Waals surface area contributed by atoms with Gasteiger partial charge < -0.3 is 20.1 Å². The number of nitrogens with one attached hydrogen (secondary N) is 2. The van der Waals surface area contributed by atoms with Gasteiger partial charge in [0.2, 0.25) is 11.9 Å². The van der Waals surface area contributed by atoms with E-state index in [2.05, 4.69) is 40.1 Å². The van der Waals surface area contributed by atoms with Crippen molar-refractivity contribution in [1.29, 1.82) is 0 Å². The number of anilines is 2. The number of aromatic nitrogens is 3. The summed E-state index contributed by atoms with van der Waals surface area (Å²) < 4.78 is 2.18. The maximum absolute atomic E-state index is 13.1. The molecule has 2 N–H and O–H groups in total. The predicted octanol–water partition coefficient (Wildman–Crippen LogP) is 4.97. The molecule has 2 aromatic heterocycles. The molecule has 0 radical (unpaired) electrons. The van der Waals surface area contributed by atoms with Gasteiger partial charge in [0.25, 0.3) is 5.91 Å². The second kappa shape index (κ2) is 9.47. The summed E-state index contributed by atoms with van der Waals surface area (Å²) in [4.78, 5) is 37.5. The van der Waals surface area contributed by atoms with Crippen LogP contribution in [0, 0.1) is 11.8 Å². The number of piperidine rings is 1. The van der Waals surface area contributed by atoms with Gasteiger partial charge in [0.1, 0.15) is 11.2 Å². The van der Waals surface area contributed by atoms with Crippen LogP contribution in [0.2, 0.25) is 0 Å². The Morgan fingerprint density at radius 3 is 2.54 bits per heavy atom. The third kappa shape index (κ3) is 4.26. The molecule has 3 aliphatic rings. The normalized spacial score (nSPS) is 19.8. The highest BCUT2D eigenvalue weighted by Crippen LogP contribution is 2.41. The summed E-state index contributed by atoms with van der Waals surface area (Å²) in [6.45, 7) is 6.72. The van der Waals surface area contributed by atoms with Crippen LogP contribution in [0.4, 0.5) is 11.6 Å². The number of fused-ring (bicyclic) bond motifs is 4. The van der Waals surface area contributed by atoms with E-state index in [1.54, 1.807) is 0 Å². The summed E-state index contributed by atoms with van der Waals surface area (Å²) in [5.41, 5.74) is 2.87. The van der Waals surface area contributed by atoms with E-state index in [4.69, 9.17) is 4.98 Å². The van der Waals surface area contributed by atoms with Gasteiger partial charge in [-0.3, -0.25) is 9.59 Å². The molecule has 6 rings (SSSR count). The average Bonchev–Trinajstić information content (AvgIpc) is 3.30. The fraction of sp³-hybridized carbons (Fsp3) is 0.517. The molecule has 0 unspecified atom stereocenters. The van der Waals surface area contributed by atoms with Gasteiger partial charge in [0.05, 0.1) is 6.54 Å². The molecule has 4 heterocycles. The Morgan fingerprint density at radius 2 is 1.84 bits per heavy atom. The molecule has 1 aromatic carbocycles. The van der Waals surface area contributed by atoms with Gasteiger partial charge in [-0.05, 0) is 67.9 Å². The molecular weight excluding hydrogens is 464 g/mol. The van der Waals surface area contributed by atoms with Gasteiger partial charge in [0.15, 0.2) is 0 Å². The molecule has 1 saturated carbocycles. The van der Waals surface area contributed by atoms with Crippen LogP contribution in [0.3, 0.4) is 0 Å². The lowest BCUT2D eigenvalue weighted by molar-refractivity contribution is -0.133. The van der Waals surface area contributed by atoms with Crippen molar-refractivity contribution < 1.29 is 9.59 Å². The quantitative estimate of drug-likeness (QED) is 0.528. The van der Waals surface area contributed by atoms with Crippen molar-refractivity contribution in [2.75, 3.05) is 18.4 Å². The molecule has 1 saturated heterocycles. The van der Waals surface area contributed by atoms with E-state index >= 15 is 0 Å². The molecule has 3 aromatic rings. The molecule has 8 heteroatoms. The third-order valence-corrected chi connectivity index (χ3v) is 8.74. The fourth-order valence-electron chi connectivity index (χ4n) is 6.51.